The van der Waals surface area contributed by atoms with Crippen molar-refractivity contribution in [2.45, 2.75) is 34.1 Å². The molecule has 0 spiro atoms. The number of hydrogen-bond acceptors (Lipinski definition) is 0. The molecular formula is C17H22O. The molecular weight excluding hydrogens is 220 g/mol. The zero-order chi connectivity index (χ0) is 12.4. The summed E-state index contributed by atoms with van der Waals surface area (Å²) in [6, 6.07) is 13.5. The van der Waals surface area contributed by atoms with Crippen LogP contribution in [0.1, 0.15) is 33.4 Å². The molecule has 0 unspecified atom stereocenters. The van der Waals surface area contributed by atoms with Crippen LogP contribution in [0.25, 0.3) is 0 Å². The molecule has 96 valence electrons. The van der Waals surface area contributed by atoms with Crippen molar-refractivity contribution in [1.82, 2.24) is 0 Å². The largest absolute Gasteiger partial charge is 0.412 e. The van der Waals surface area contributed by atoms with Crippen molar-refractivity contribution in [2.24, 2.45) is 0 Å². The third-order valence-corrected chi connectivity index (χ3v) is 3.55. The molecule has 0 aliphatic rings. The van der Waals surface area contributed by atoms with Gasteiger partial charge in [0.25, 0.3) is 0 Å². The Balaban J connectivity index is 0.00000162. The SMILES string of the molecule is Cc1ccc(Cc2ccc(C)c(C)c2)cc1C.O. The molecule has 2 N–H and O–H groups in total. The first-order valence-corrected chi connectivity index (χ1v) is 6.18. The van der Waals surface area contributed by atoms with Crippen LogP contribution >= 0.6 is 0 Å². The standard InChI is InChI=1S/C17H20.H2O/c1-12-5-7-16(9-14(12)3)11-17-8-6-13(2)15(4)10-17;/h5-10H,11H2,1-4H3;1H2. The van der Waals surface area contributed by atoms with E-state index in [4.69, 9.17) is 0 Å². The van der Waals surface area contributed by atoms with Gasteiger partial charge < -0.3 is 5.48 Å². The number of benzene rings is 2. The smallest absolute Gasteiger partial charge is 0.00256 e. The Morgan fingerprint density at radius 2 is 1.00 bits per heavy atom. The van der Waals surface area contributed by atoms with Crippen LogP contribution in [0.4, 0.5) is 0 Å². The summed E-state index contributed by atoms with van der Waals surface area (Å²) >= 11 is 0. The number of aryl methyl sites for hydroxylation is 4. The van der Waals surface area contributed by atoms with Crippen LogP contribution in [-0.4, -0.2) is 5.48 Å². The van der Waals surface area contributed by atoms with Gasteiger partial charge in [0.1, 0.15) is 0 Å². The quantitative estimate of drug-likeness (QED) is 0.769. The lowest BCUT2D eigenvalue weighted by Gasteiger charge is -2.07. The van der Waals surface area contributed by atoms with Gasteiger partial charge in [-0.15, -0.1) is 0 Å². The Bertz CT molecular complexity index is 492. The molecule has 2 aromatic rings. The Hall–Kier alpha value is -1.60. The van der Waals surface area contributed by atoms with Gasteiger partial charge in [0, 0.05) is 0 Å². The highest BCUT2D eigenvalue weighted by Crippen LogP contribution is 2.16. The summed E-state index contributed by atoms with van der Waals surface area (Å²) < 4.78 is 0. The van der Waals surface area contributed by atoms with E-state index >= 15 is 0 Å². The van der Waals surface area contributed by atoms with E-state index in [1.807, 2.05) is 0 Å². The van der Waals surface area contributed by atoms with Crippen molar-refractivity contribution in [2.75, 3.05) is 0 Å². The summed E-state index contributed by atoms with van der Waals surface area (Å²) in [5.41, 5.74) is 8.30. The van der Waals surface area contributed by atoms with Crippen molar-refractivity contribution in [3.8, 4) is 0 Å². The zero-order valence-electron chi connectivity index (χ0n) is 11.7. The van der Waals surface area contributed by atoms with Gasteiger partial charge in [0.15, 0.2) is 0 Å². The minimum atomic E-state index is 0. The van der Waals surface area contributed by atoms with Crippen molar-refractivity contribution in [1.29, 1.82) is 0 Å². The third kappa shape index (κ3) is 3.21. The van der Waals surface area contributed by atoms with Gasteiger partial charge in [-0.25, -0.2) is 0 Å². The summed E-state index contributed by atoms with van der Waals surface area (Å²) in [5, 5.41) is 0. The summed E-state index contributed by atoms with van der Waals surface area (Å²) in [6.45, 7) is 8.68. The van der Waals surface area contributed by atoms with Gasteiger partial charge in [0.2, 0.25) is 0 Å². The lowest BCUT2D eigenvalue weighted by Crippen LogP contribution is -1.92. The maximum atomic E-state index is 2.30. The zero-order valence-corrected chi connectivity index (χ0v) is 11.7. The molecule has 2 aromatic carbocycles. The molecule has 0 aromatic heterocycles. The van der Waals surface area contributed by atoms with E-state index < -0.39 is 0 Å². The predicted molar refractivity (Wildman–Crippen MR) is 78.3 cm³/mol. The molecule has 1 heteroatoms. The number of rotatable bonds is 2. The second-order valence-electron chi connectivity index (χ2n) is 5.01. The van der Waals surface area contributed by atoms with Gasteiger partial charge in [-0.2, -0.15) is 0 Å². The molecule has 0 saturated heterocycles. The molecule has 0 heterocycles. The van der Waals surface area contributed by atoms with Crippen molar-refractivity contribution in [3.05, 3.63) is 69.8 Å². The molecule has 2 rings (SSSR count). The second-order valence-corrected chi connectivity index (χ2v) is 5.01. The highest BCUT2D eigenvalue weighted by molar-refractivity contribution is 5.36. The monoisotopic (exact) mass is 242 g/mol. The average Bonchev–Trinajstić information content (AvgIpc) is 2.29. The maximum absolute atomic E-state index is 2.30. The molecule has 0 atom stereocenters. The minimum Gasteiger partial charge on any atom is -0.412 e. The van der Waals surface area contributed by atoms with E-state index in [9.17, 15) is 0 Å². The predicted octanol–water partition coefficient (Wildman–Crippen LogP) is 3.69. The molecule has 18 heavy (non-hydrogen) atoms. The Morgan fingerprint density at radius 1 is 0.611 bits per heavy atom. The van der Waals surface area contributed by atoms with Crippen molar-refractivity contribution < 1.29 is 5.48 Å². The second kappa shape index (κ2) is 5.83. The first-order valence-electron chi connectivity index (χ1n) is 6.18. The molecule has 0 bridgehead atoms. The van der Waals surface area contributed by atoms with Crippen LogP contribution < -0.4 is 0 Å². The Labute approximate surface area is 110 Å². The van der Waals surface area contributed by atoms with Crippen LogP contribution in [0.5, 0.6) is 0 Å². The highest BCUT2D eigenvalue weighted by atomic mass is 16.0. The molecule has 0 amide bonds. The van der Waals surface area contributed by atoms with Gasteiger partial charge in [-0.3, -0.25) is 0 Å². The van der Waals surface area contributed by atoms with E-state index in [1.165, 1.54) is 33.4 Å². The Morgan fingerprint density at radius 3 is 1.33 bits per heavy atom. The molecule has 0 aliphatic heterocycles. The van der Waals surface area contributed by atoms with Crippen molar-refractivity contribution >= 4 is 0 Å². The fraction of sp³-hybridized carbons (Fsp3) is 0.294. The van der Waals surface area contributed by atoms with Gasteiger partial charge >= 0.3 is 0 Å². The van der Waals surface area contributed by atoms with E-state index in [0.717, 1.165) is 6.42 Å². The molecule has 0 saturated carbocycles. The van der Waals surface area contributed by atoms with Gasteiger partial charge in [-0.05, 0) is 67.5 Å². The third-order valence-electron chi connectivity index (χ3n) is 3.55. The summed E-state index contributed by atoms with van der Waals surface area (Å²) in [4.78, 5) is 0. The summed E-state index contributed by atoms with van der Waals surface area (Å²) in [7, 11) is 0. The average molecular weight is 242 g/mol. The van der Waals surface area contributed by atoms with E-state index in [1.54, 1.807) is 0 Å². The van der Waals surface area contributed by atoms with Crippen LogP contribution in [0.2, 0.25) is 0 Å². The van der Waals surface area contributed by atoms with Crippen LogP contribution in [-0.2, 0) is 6.42 Å². The lowest BCUT2D eigenvalue weighted by molar-refractivity contribution is 0.824. The minimum absolute atomic E-state index is 0. The number of hydrogen-bond donors (Lipinski definition) is 0. The molecule has 0 aliphatic carbocycles. The van der Waals surface area contributed by atoms with E-state index in [-0.39, 0.29) is 5.48 Å². The first kappa shape index (κ1) is 14.5. The normalized spacial score (nSPS) is 10.0. The van der Waals surface area contributed by atoms with Crippen LogP contribution in [0, 0.1) is 27.7 Å². The summed E-state index contributed by atoms with van der Waals surface area (Å²) in [6.07, 6.45) is 1.03. The van der Waals surface area contributed by atoms with Crippen LogP contribution in [0.3, 0.4) is 0 Å². The maximum Gasteiger partial charge on any atom is -0.00256 e. The van der Waals surface area contributed by atoms with Gasteiger partial charge in [-0.1, -0.05) is 36.4 Å². The summed E-state index contributed by atoms with van der Waals surface area (Å²) in [5.74, 6) is 0. The lowest BCUT2D eigenvalue weighted by atomic mass is 9.98. The van der Waals surface area contributed by atoms with E-state index in [2.05, 4.69) is 64.1 Å². The fourth-order valence-corrected chi connectivity index (χ4v) is 2.06. The molecule has 0 radical (unpaired) electrons. The van der Waals surface area contributed by atoms with Crippen LogP contribution in [0.15, 0.2) is 36.4 Å². The molecule has 1 nitrogen and oxygen atoms in total. The van der Waals surface area contributed by atoms with Crippen molar-refractivity contribution in [3.63, 3.8) is 0 Å². The Kier molecular flexibility index (Phi) is 4.69. The fourth-order valence-electron chi connectivity index (χ4n) is 2.06. The van der Waals surface area contributed by atoms with E-state index in [0.29, 0.717) is 0 Å². The van der Waals surface area contributed by atoms with Gasteiger partial charge in [0.05, 0.1) is 0 Å². The molecule has 0 fully saturated rings. The topological polar surface area (TPSA) is 31.5 Å². The first-order chi connectivity index (χ1) is 8.06. The highest BCUT2D eigenvalue weighted by Gasteiger charge is 2.00.